The van der Waals surface area contributed by atoms with Gasteiger partial charge in [-0.3, -0.25) is 9.59 Å². The minimum atomic E-state index is -3.92. The molecule has 0 saturated carbocycles. The van der Waals surface area contributed by atoms with Crippen LogP contribution in [0.1, 0.15) is 23.0 Å². The number of halogens is 1. The van der Waals surface area contributed by atoms with Gasteiger partial charge in [-0.05, 0) is 54.1 Å². The molecule has 2 aromatic carbocycles. The van der Waals surface area contributed by atoms with Crippen molar-refractivity contribution in [1.82, 2.24) is 9.29 Å². The summed E-state index contributed by atoms with van der Waals surface area (Å²) in [5.41, 5.74) is 1.87. The predicted molar refractivity (Wildman–Crippen MR) is 110 cm³/mol. The van der Waals surface area contributed by atoms with Crippen molar-refractivity contribution >= 4 is 39.1 Å². The predicted octanol–water partition coefficient (Wildman–Crippen LogP) is 3.27. The van der Waals surface area contributed by atoms with E-state index in [2.05, 4.69) is 5.32 Å². The van der Waals surface area contributed by atoms with E-state index >= 15 is 0 Å². The number of carbonyl (C=O) groups is 2. The summed E-state index contributed by atoms with van der Waals surface area (Å²) in [5, 5.41) is 3.38. The van der Waals surface area contributed by atoms with Crippen molar-refractivity contribution in [2.75, 3.05) is 5.32 Å². The lowest BCUT2D eigenvalue weighted by atomic mass is 10.2. The van der Waals surface area contributed by atoms with Crippen LogP contribution < -0.4 is 10.0 Å². The van der Waals surface area contributed by atoms with Gasteiger partial charge in [-0.15, -0.1) is 0 Å². The lowest BCUT2D eigenvalue weighted by molar-refractivity contribution is -0.117. The van der Waals surface area contributed by atoms with E-state index in [0.29, 0.717) is 22.9 Å². The van der Waals surface area contributed by atoms with Gasteiger partial charge in [0.05, 0.1) is 4.90 Å². The van der Waals surface area contributed by atoms with Crippen molar-refractivity contribution < 1.29 is 18.0 Å². The lowest BCUT2D eigenvalue weighted by Gasteiger charge is -2.11. The molecule has 0 spiro atoms. The highest BCUT2D eigenvalue weighted by atomic mass is 35.5. The Kier molecular flexibility index (Phi) is 6.05. The van der Waals surface area contributed by atoms with E-state index < -0.39 is 15.9 Å². The zero-order chi connectivity index (χ0) is 21.0. The van der Waals surface area contributed by atoms with Crippen LogP contribution >= 0.6 is 11.6 Å². The normalized spacial score (nSPS) is 11.1. The first-order chi connectivity index (χ1) is 13.7. The minimum absolute atomic E-state index is 0.0724. The third-order valence-corrected chi connectivity index (χ3v) is 5.73. The van der Waals surface area contributed by atoms with Crippen LogP contribution in [-0.2, 0) is 21.4 Å². The topological polar surface area (TPSA) is 97.3 Å². The molecule has 7 nitrogen and oxygen atoms in total. The Bertz CT molecular complexity index is 1140. The fourth-order valence-corrected chi connectivity index (χ4v) is 3.82. The van der Waals surface area contributed by atoms with E-state index in [1.807, 2.05) is 16.9 Å². The highest BCUT2D eigenvalue weighted by molar-refractivity contribution is 7.90. The van der Waals surface area contributed by atoms with Gasteiger partial charge >= 0.3 is 0 Å². The van der Waals surface area contributed by atoms with Crippen LogP contribution in [0.15, 0.2) is 71.8 Å². The van der Waals surface area contributed by atoms with Crippen LogP contribution in [0.5, 0.6) is 0 Å². The second-order valence-corrected chi connectivity index (χ2v) is 8.41. The van der Waals surface area contributed by atoms with Gasteiger partial charge in [0.2, 0.25) is 5.91 Å². The first kappa shape index (κ1) is 20.6. The molecule has 0 radical (unpaired) electrons. The summed E-state index contributed by atoms with van der Waals surface area (Å²) in [4.78, 5) is 23.6. The Morgan fingerprint density at radius 3 is 2.28 bits per heavy atom. The fourth-order valence-electron chi connectivity index (χ4n) is 2.71. The first-order valence-corrected chi connectivity index (χ1v) is 10.4. The molecule has 0 unspecified atom stereocenters. The summed E-state index contributed by atoms with van der Waals surface area (Å²) < 4.78 is 27.6. The van der Waals surface area contributed by atoms with Crippen molar-refractivity contribution in [2.24, 2.45) is 0 Å². The lowest BCUT2D eigenvalue weighted by Crippen LogP contribution is -2.28. The van der Waals surface area contributed by atoms with Gasteiger partial charge in [0.25, 0.3) is 15.9 Å². The molecule has 0 atom stereocenters. The molecule has 2 amide bonds. The molecule has 0 aliphatic rings. The fraction of sp³-hybridized carbons (Fsp3) is 0.100. The van der Waals surface area contributed by atoms with Gasteiger partial charge in [-0.2, -0.15) is 0 Å². The molecule has 1 heterocycles. The number of hydrogen-bond acceptors (Lipinski definition) is 4. The number of sulfonamides is 1. The summed E-state index contributed by atoms with van der Waals surface area (Å²) in [7, 11) is -3.92. The maximum absolute atomic E-state index is 12.6. The Morgan fingerprint density at radius 1 is 1.00 bits per heavy atom. The van der Waals surface area contributed by atoms with Crippen LogP contribution in [0.3, 0.4) is 0 Å². The summed E-state index contributed by atoms with van der Waals surface area (Å²) in [5.74, 6) is -1.01. The van der Waals surface area contributed by atoms with Gasteiger partial charge in [-0.25, -0.2) is 13.1 Å². The smallest absolute Gasteiger partial charge is 0.272 e. The third-order valence-electron chi connectivity index (χ3n) is 4.03. The van der Waals surface area contributed by atoms with E-state index in [0.717, 1.165) is 12.5 Å². The van der Waals surface area contributed by atoms with Crippen molar-refractivity contribution in [3.05, 3.63) is 83.1 Å². The third kappa shape index (κ3) is 5.24. The molecule has 0 aliphatic heterocycles. The Balaban J connectivity index is 1.72. The molecule has 1 aromatic heterocycles. The number of anilines is 1. The second kappa shape index (κ2) is 8.50. The number of rotatable bonds is 6. The van der Waals surface area contributed by atoms with Crippen LogP contribution in [0.25, 0.3) is 0 Å². The second-order valence-electron chi connectivity index (χ2n) is 6.29. The summed E-state index contributed by atoms with van der Waals surface area (Å²) in [6.07, 6.45) is 1.80. The summed E-state index contributed by atoms with van der Waals surface area (Å²) in [6.45, 7) is 1.62. The molecule has 0 saturated heterocycles. The standard InChI is InChI=1S/C20H18ClN3O4S/c1-14(25)23-29(27,28)18-10-8-17(9-11-18)22-20(26)19-3-2-12-24(19)13-15-4-6-16(21)7-5-15/h2-12H,13H2,1H3,(H,22,26)(H,23,25). The average molecular weight is 432 g/mol. The van der Waals surface area contributed by atoms with Crippen molar-refractivity contribution in [3.8, 4) is 0 Å². The SMILES string of the molecule is CC(=O)NS(=O)(=O)c1ccc(NC(=O)c2cccn2Cc2ccc(Cl)cc2)cc1. The Morgan fingerprint density at radius 2 is 1.66 bits per heavy atom. The number of carbonyl (C=O) groups excluding carboxylic acids is 2. The van der Waals surface area contributed by atoms with Gasteiger partial charge in [0.15, 0.2) is 0 Å². The van der Waals surface area contributed by atoms with Gasteiger partial charge in [-0.1, -0.05) is 23.7 Å². The monoisotopic (exact) mass is 431 g/mol. The molecule has 3 rings (SSSR count). The van der Waals surface area contributed by atoms with Gasteiger partial charge in [0.1, 0.15) is 5.69 Å². The first-order valence-electron chi connectivity index (χ1n) is 8.59. The highest BCUT2D eigenvalue weighted by Crippen LogP contribution is 2.16. The Labute approximate surface area is 173 Å². The van der Waals surface area contributed by atoms with Crippen molar-refractivity contribution in [3.63, 3.8) is 0 Å². The van der Waals surface area contributed by atoms with E-state index in [9.17, 15) is 18.0 Å². The van der Waals surface area contributed by atoms with Crippen molar-refractivity contribution in [1.29, 1.82) is 0 Å². The number of aromatic nitrogens is 1. The van der Waals surface area contributed by atoms with Gasteiger partial charge in [0, 0.05) is 30.4 Å². The van der Waals surface area contributed by atoms with Crippen LogP contribution in [0, 0.1) is 0 Å². The zero-order valence-electron chi connectivity index (χ0n) is 15.4. The number of nitrogens with zero attached hydrogens (tertiary/aromatic N) is 1. The number of amides is 2. The summed E-state index contributed by atoms with van der Waals surface area (Å²) in [6, 6.07) is 16.4. The maximum Gasteiger partial charge on any atom is 0.272 e. The van der Waals surface area contributed by atoms with E-state index in [4.69, 9.17) is 11.6 Å². The minimum Gasteiger partial charge on any atom is -0.339 e. The molecular weight excluding hydrogens is 414 g/mol. The van der Waals surface area contributed by atoms with Crippen molar-refractivity contribution in [2.45, 2.75) is 18.4 Å². The summed E-state index contributed by atoms with van der Waals surface area (Å²) >= 11 is 5.90. The molecule has 0 aliphatic carbocycles. The molecular formula is C20H18ClN3O4S. The molecule has 150 valence electrons. The number of hydrogen-bond donors (Lipinski definition) is 2. The molecule has 3 aromatic rings. The zero-order valence-corrected chi connectivity index (χ0v) is 17.0. The largest absolute Gasteiger partial charge is 0.339 e. The van der Waals surface area contributed by atoms with Crippen LogP contribution in [0.4, 0.5) is 5.69 Å². The quantitative estimate of drug-likeness (QED) is 0.625. The molecule has 9 heteroatoms. The number of nitrogens with one attached hydrogen (secondary N) is 2. The molecule has 2 N–H and O–H groups in total. The molecule has 0 fully saturated rings. The number of benzene rings is 2. The van der Waals surface area contributed by atoms with E-state index in [1.165, 1.54) is 24.3 Å². The molecule has 29 heavy (non-hydrogen) atoms. The Hall–Kier alpha value is -3.10. The maximum atomic E-state index is 12.6. The molecule has 0 bridgehead atoms. The van der Waals surface area contributed by atoms with Gasteiger partial charge < -0.3 is 9.88 Å². The van der Waals surface area contributed by atoms with Crippen LogP contribution in [0.2, 0.25) is 5.02 Å². The van der Waals surface area contributed by atoms with E-state index in [-0.39, 0.29) is 10.8 Å². The highest BCUT2D eigenvalue weighted by Gasteiger charge is 2.16. The average Bonchev–Trinajstić information content (AvgIpc) is 3.11. The van der Waals surface area contributed by atoms with E-state index in [1.54, 1.807) is 35.0 Å². The van der Waals surface area contributed by atoms with Crippen LogP contribution in [-0.4, -0.2) is 24.8 Å².